The van der Waals surface area contributed by atoms with E-state index in [1.165, 1.54) is 24.3 Å². The average molecular weight is 416 g/mol. The highest BCUT2D eigenvalue weighted by atomic mass is 19.4. The van der Waals surface area contributed by atoms with Crippen LogP contribution in [-0.2, 0) is 6.18 Å². The number of hydrogen-bond donors (Lipinski definition) is 1. The quantitative estimate of drug-likeness (QED) is 0.676. The molecule has 1 N–H and O–H groups in total. The standard InChI is InChI=1S/C22H19F3N2O3/c23-22(24,25)16-5-1-2-7-19(16)30-15-10-12-27(13-11-15)21(29)17-9-8-14-4-3-6-18(28)20(14)26-17/h1-9,15,28H,10-13H2. The van der Waals surface area contributed by atoms with Crippen LogP contribution in [0.2, 0.25) is 0 Å². The van der Waals surface area contributed by atoms with Gasteiger partial charge in [0.2, 0.25) is 0 Å². The fraction of sp³-hybridized carbons (Fsp3) is 0.273. The van der Waals surface area contributed by atoms with Crippen LogP contribution >= 0.6 is 0 Å². The number of phenolic OH excluding ortho intramolecular Hbond substituents is 1. The number of hydrogen-bond acceptors (Lipinski definition) is 4. The monoisotopic (exact) mass is 416 g/mol. The Labute approximate surface area is 170 Å². The molecule has 0 radical (unpaired) electrons. The van der Waals surface area contributed by atoms with Gasteiger partial charge in [-0.25, -0.2) is 4.98 Å². The molecule has 156 valence electrons. The first-order chi connectivity index (χ1) is 14.3. The highest BCUT2D eigenvalue weighted by molar-refractivity contribution is 5.96. The number of benzene rings is 2. The summed E-state index contributed by atoms with van der Waals surface area (Å²) in [5.41, 5.74) is -0.236. The van der Waals surface area contributed by atoms with Gasteiger partial charge in [0.05, 0.1) is 5.56 Å². The summed E-state index contributed by atoms with van der Waals surface area (Å²) in [7, 11) is 0. The highest BCUT2D eigenvalue weighted by Crippen LogP contribution is 2.37. The third-order valence-corrected chi connectivity index (χ3v) is 5.13. The van der Waals surface area contributed by atoms with E-state index >= 15 is 0 Å². The van der Waals surface area contributed by atoms with Crippen LogP contribution in [0.3, 0.4) is 0 Å². The fourth-order valence-electron chi connectivity index (χ4n) is 3.57. The zero-order valence-electron chi connectivity index (χ0n) is 15.9. The lowest BCUT2D eigenvalue weighted by Crippen LogP contribution is -2.42. The molecular formula is C22H19F3N2O3. The molecule has 1 aliphatic rings. The number of alkyl halides is 3. The highest BCUT2D eigenvalue weighted by Gasteiger charge is 2.35. The van der Waals surface area contributed by atoms with E-state index in [0.717, 1.165) is 11.5 Å². The molecule has 1 saturated heterocycles. The number of carbonyl (C=O) groups excluding carboxylic acids is 1. The van der Waals surface area contributed by atoms with Gasteiger partial charge in [0, 0.05) is 31.3 Å². The van der Waals surface area contributed by atoms with Gasteiger partial charge in [0.15, 0.2) is 0 Å². The van der Waals surface area contributed by atoms with Crippen LogP contribution in [0.5, 0.6) is 11.5 Å². The number of halogens is 3. The van der Waals surface area contributed by atoms with E-state index in [-0.39, 0.29) is 23.1 Å². The van der Waals surface area contributed by atoms with Gasteiger partial charge in [-0.15, -0.1) is 0 Å². The Morgan fingerprint density at radius 1 is 1.03 bits per heavy atom. The van der Waals surface area contributed by atoms with Crippen molar-refractivity contribution >= 4 is 16.8 Å². The number of piperidine rings is 1. The van der Waals surface area contributed by atoms with Crippen LogP contribution in [0.25, 0.3) is 10.9 Å². The number of aromatic hydroxyl groups is 1. The van der Waals surface area contributed by atoms with E-state index in [9.17, 15) is 23.1 Å². The molecule has 0 bridgehead atoms. The largest absolute Gasteiger partial charge is 0.506 e. The Hall–Kier alpha value is -3.29. The number of likely N-dealkylation sites (tertiary alicyclic amines) is 1. The summed E-state index contributed by atoms with van der Waals surface area (Å²) in [6, 6.07) is 13.5. The maximum absolute atomic E-state index is 13.1. The first kappa shape index (κ1) is 20.0. The molecule has 30 heavy (non-hydrogen) atoms. The van der Waals surface area contributed by atoms with Crippen LogP contribution in [0.1, 0.15) is 28.9 Å². The zero-order chi connectivity index (χ0) is 21.3. The summed E-state index contributed by atoms with van der Waals surface area (Å²) in [5, 5.41) is 10.7. The van der Waals surface area contributed by atoms with E-state index in [4.69, 9.17) is 4.74 Å². The van der Waals surface area contributed by atoms with Crippen molar-refractivity contribution in [1.82, 2.24) is 9.88 Å². The third kappa shape index (κ3) is 4.03. The minimum Gasteiger partial charge on any atom is -0.506 e. The Bertz CT molecular complexity index is 1080. The van der Waals surface area contributed by atoms with Crippen LogP contribution in [0.15, 0.2) is 54.6 Å². The van der Waals surface area contributed by atoms with Crippen LogP contribution in [0, 0.1) is 0 Å². The van der Waals surface area contributed by atoms with Crippen molar-refractivity contribution in [2.24, 2.45) is 0 Å². The fourth-order valence-corrected chi connectivity index (χ4v) is 3.57. The minimum absolute atomic E-state index is 0.00223. The zero-order valence-corrected chi connectivity index (χ0v) is 15.9. The molecule has 2 aromatic carbocycles. The second kappa shape index (κ2) is 7.85. The Morgan fingerprint density at radius 3 is 2.50 bits per heavy atom. The summed E-state index contributed by atoms with van der Waals surface area (Å²) < 4.78 is 45.0. The van der Waals surface area contributed by atoms with Crippen LogP contribution in [-0.4, -0.2) is 40.1 Å². The first-order valence-electron chi connectivity index (χ1n) is 9.54. The molecule has 3 aromatic rings. The van der Waals surface area contributed by atoms with Crippen molar-refractivity contribution < 1.29 is 27.8 Å². The van der Waals surface area contributed by atoms with E-state index in [1.807, 2.05) is 0 Å². The van der Waals surface area contributed by atoms with Crippen molar-refractivity contribution in [2.75, 3.05) is 13.1 Å². The predicted molar refractivity (Wildman–Crippen MR) is 104 cm³/mol. The van der Waals surface area contributed by atoms with Crippen LogP contribution < -0.4 is 4.74 Å². The molecule has 0 unspecified atom stereocenters. The lowest BCUT2D eigenvalue weighted by Gasteiger charge is -2.32. The van der Waals surface area contributed by atoms with Gasteiger partial charge in [-0.05, 0) is 24.3 Å². The summed E-state index contributed by atoms with van der Waals surface area (Å²) in [5.74, 6) is -0.478. The molecule has 8 heteroatoms. The van der Waals surface area contributed by atoms with E-state index in [0.29, 0.717) is 31.4 Å². The first-order valence-corrected chi connectivity index (χ1v) is 9.54. The molecule has 1 fully saturated rings. The molecule has 5 nitrogen and oxygen atoms in total. The van der Waals surface area contributed by atoms with Crippen molar-refractivity contribution in [1.29, 1.82) is 0 Å². The molecule has 1 aliphatic heterocycles. The molecule has 0 aliphatic carbocycles. The summed E-state index contributed by atoms with van der Waals surface area (Å²) in [6.07, 6.45) is -4.07. The topological polar surface area (TPSA) is 62.7 Å². The number of rotatable bonds is 3. The van der Waals surface area contributed by atoms with E-state index < -0.39 is 17.8 Å². The number of carbonyl (C=O) groups is 1. The Morgan fingerprint density at radius 2 is 1.77 bits per heavy atom. The van der Waals surface area contributed by atoms with E-state index in [1.54, 1.807) is 29.2 Å². The third-order valence-electron chi connectivity index (χ3n) is 5.13. The van der Waals surface area contributed by atoms with Crippen molar-refractivity contribution in [2.45, 2.75) is 25.1 Å². The molecule has 2 heterocycles. The molecule has 0 atom stereocenters. The van der Waals surface area contributed by atoms with E-state index in [2.05, 4.69) is 4.98 Å². The number of amides is 1. The van der Waals surface area contributed by atoms with Gasteiger partial charge >= 0.3 is 6.18 Å². The number of para-hydroxylation sites is 2. The number of aromatic nitrogens is 1. The smallest absolute Gasteiger partial charge is 0.419 e. The van der Waals surface area contributed by atoms with Gasteiger partial charge in [0.25, 0.3) is 5.91 Å². The van der Waals surface area contributed by atoms with Gasteiger partial charge in [0.1, 0.15) is 28.8 Å². The predicted octanol–water partition coefficient (Wildman–Crippen LogP) is 4.64. The molecule has 0 spiro atoms. The Balaban J connectivity index is 1.43. The maximum Gasteiger partial charge on any atom is 0.419 e. The molecule has 1 aromatic heterocycles. The minimum atomic E-state index is -4.49. The van der Waals surface area contributed by atoms with Gasteiger partial charge in [-0.2, -0.15) is 13.2 Å². The maximum atomic E-state index is 13.1. The SMILES string of the molecule is O=C(c1ccc2cccc(O)c2n1)N1CCC(Oc2ccccc2C(F)(F)F)CC1. The number of phenols is 1. The number of ether oxygens (including phenoxy) is 1. The molecule has 1 amide bonds. The number of pyridine rings is 1. The van der Waals surface area contributed by atoms with Crippen molar-refractivity contribution in [3.8, 4) is 11.5 Å². The Kier molecular flexibility index (Phi) is 5.24. The normalized spacial score (nSPS) is 15.4. The van der Waals surface area contributed by atoms with Crippen molar-refractivity contribution in [3.63, 3.8) is 0 Å². The van der Waals surface area contributed by atoms with Crippen LogP contribution in [0.4, 0.5) is 13.2 Å². The lowest BCUT2D eigenvalue weighted by molar-refractivity contribution is -0.139. The lowest BCUT2D eigenvalue weighted by atomic mass is 10.1. The van der Waals surface area contributed by atoms with Gasteiger partial charge in [-0.3, -0.25) is 4.79 Å². The summed E-state index contributed by atoms with van der Waals surface area (Å²) in [4.78, 5) is 18.7. The second-order valence-electron chi connectivity index (χ2n) is 7.15. The average Bonchev–Trinajstić information content (AvgIpc) is 2.73. The summed E-state index contributed by atoms with van der Waals surface area (Å²) in [6.45, 7) is 0.691. The van der Waals surface area contributed by atoms with Crippen molar-refractivity contribution in [3.05, 3.63) is 65.9 Å². The van der Waals surface area contributed by atoms with Gasteiger partial charge < -0.3 is 14.7 Å². The van der Waals surface area contributed by atoms with Gasteiger partial charge in [-0.1, -0.05) is 30.3 Å². The summed E-state index contributed by atoms with van der Waals surface area (Å²) >= 11 is 0. The molecular weight excluding hydrogens is 397 g/mol. The second-order valence-corrected chi connectivity index (χ2v) is 7.15. The molecule has 4 rings (SSSR count). The number of nitrogens with zero attached hydrogens (tertiary/aromatic N) is 2. The number of fused-ring (bicyclic) bond motifs is 1. The molecule has 0 saturated carbocycles.